The number of halogens is 1. The molecule has 22 heavy (non-hydrogen) atoms. The third-order valence-electron chi connectivity index (χ3n) is 4.51. The van der Waals surface area contributed by atoms with Crippen LogP contribution in [0.2, 0.25) is 5.02 Å². The summed E-state index contributed by atoms with van der Waals surface area (Å²) in [6.45, 7) is 5.85. The molecule has 1 amide bonds. The molecular formula is C17H25ClN2O2. The van der Waals surface area contributed by atoms with E-state index in [2.05, 4.69) is 11.4 Å². The van der Waals surface area contributed by atoms with Crippen molar-refractivity contribution in [1.29, 1.82) is 0 Å². The fraction of sp³-hybridized carbons (Fsp3) is 0.588. The maximum Gasteiger partial charge on any atom is 0.237 e. The van der Waals surface area contributed by atoms with Gasteiger partial charge in [0.1, 0.15) is 0 Å². The van der Waals surface area contributed by atoms with E-state index in [1.807, 2.05) is 32.0 Å². The highest BCUT2D eigenvalue weighted by molar-refractivity contribution is 6.30. The molecule has 5 heteroatoms. The number of hydrogen-bond donors (Lipinski definition) is 2. The maximum atomic E-state index is 12.2. The van der Waals surface area contributed by atoms with Crippen molar-refractivity contribution in [1.82, 2.24) is 5.32 Å². The van der Waals surface area contributed by atoms with Crippen LogP contribution in [0.5, 0.6) is 0 Å². The molecule has 1 aromatic carbocycles. The monoisotopic (exact) mass is 324 g/mol. The van der Waals surface area contributed by atoms with Crippen LogP contribution in [0, 0.1) is 5.92 Å². The molecule has 1 aliphatic heterocycles. The molecule has 122 valence electrons. The van der Waals surface area contributed by atoms with Gasteiger partial charge in [-0.1, -0.05) is 37.6 Å². The van der Waals surface area contributed by atoms with Crippen molar-refractivity contribution in [3.8, 4) is 0 Å². The van der Waals surface area contributed by atoms with Crippen LogP contribution in [0.25, 0.3) is 0 Å². The summed E-state index contributed by atoms with van der Waals surface area (Å²) < 4.78 is 5.50. The number of hydrogen-bond acceptors (Lipinski definition) is 3. The van der Waals surface area contributed by atoms with E-state index in [9.17, 15) is 4.79 Å². The van der Waals surface area contributed by atoms with Gasteiger partial charge in [-0.15, -0.1) is 0 Å². The Morgan fingerprint density at radius 1 is 1.41 bits per heavy atom. The first kappa shape index (κ1) is 17.3. The summed E-state index contributed by atoms with van der Waals surface area (Å²) in [6.07, 6.45) is 1.73. The minimum absolute atomic E-state index is 0.0945. The van der Waals surface area contributed by atoms with Crippen molar-refractivity contribution < 1.29 is 9.53 Å². The number of carbonyl (C=O) groups is 1. The van der Waals surface area contributed by atoms with E-state index in [-0.39, 0.29) is 17.2 Å². The number of nitrogens with two attached hydrogens (primary N) is 1. The lowest BCUT2D eigenvalue weighted by Crippen LogP contribution is -2.50. The Balaban J connectivity index is 2.15. The fourth-order valence-corrected chi connectivity index (χ4v) is 3.02. The van der Waals surface area contributed by atoms with Gasteiger partial charge in [0.05, 0.1) is 6.04 Å². The average molecular weight is 325 g/mol. The zero-order chi connectivity index (χ0) is 16.2. The van der Waals surface area contributed by atoms with E-state index < -0.39 is 6.04 Å². The Morgan fingerprint density at radius 3 is 2.68 bits per heavy atom. The second-order valence-electron chi connectivity index (χ2n) is 6.39. The quantitative estimate of drug-likeness (QED) is 0.874. The van der Waals surface area contributed by atoms with Gasteiger partial charge in [-0.2, -0.15) is 0 Å². The summed E-state index contributed by atoms with van der Waals surface area (Å²) >= 11 is 6.14. The van der Waals surface area contributed by atoms with E-state index >= 15 is 0 Å². The van der Waals surface area contributed by atoms with E-state index in [1.165, 1.54) is 0 Å². The Kier molecular flexibility index (Phi) is 5.84. The number of rotatable bonds is 5. The Bertz CT molecular complexity index is 513. The van der Waals surface area contributed by atoms with Crippen LogP contribution in [-0.2, 0) is 14.9 Å². The Morgan fingerprint density at radius 2 is 2.09 bits per heavy atom. The van der Waals surface area contributed by atoms with Gasteiger partial charge in [0, 0.05) is 30.2 Å². The zero-order valence-corrected chi connectivity index (χ0v) is 14.0. The SMILES string of the molecule is CC(C)[C@H](N)C(=O)NCC1(c2cccc(Cl)c2)CCOCC1. The molecule has 1 heterocycles. The number of ether oxygens (including phenoxy) is 1. The predicted octanol–water partition coefficient (Wildman–Crippen LogP) is 2.49. The summed E-state index contributed by atoms with van der Waals surface area (Å²) in [6, 6.07) is 7.41. The van der Waals surface area contributed by atoms with Gasteiger partial charge in [-0.05, 0) is 36.5 Å². The van der Waals surface area contributed by atoms with Crippen molar-refractivity contribution in [3.05, 3.63) is 34.9 Å². The molecular weight excluding hydrogens is 300 g/mol. The van der Waals surface area contributed by atoms with Gasteiger partial charge >= 0.3 is 0 Å². The molecule has 2 rings (SSSR count). The third-order valence-corrected chi connectivity index (χ3v) is 4.74. The molecule has 1 saturated heterocycles. The largest absolute Gasteiger partial charge is 0.381 e. The number of nitrogens with one attached hydrogen (secondary N) is 1. The first-order chi connectivity index (χ1) is 10.4. The van der Waals surface area contributed by atoms with Gasteiger partial charge in [0.15, 0.2) is 0 Å². The molecule has 0 bridgehead atoms. The van der Waals surface area contributed by atoms with Crippen molar-refractivity contribution in [2.75, 3.05) is 19.8 Å². The van der Waals surface area contributed by atoms with Crippen LogP contribution < -0.4 is 11.1 Å². The highest BCUT2D eigenvalue weighted by Crippen LogP contribution is 2.35. The molecule has 1 aromatic rings. The van der Waals surface area contributed by atoms with Crippen molar-refractivity contribution in [2.24, 2.45) is 11.7 Å². The molecule has 0 aliphatic carbocycles. The van der Waals surface area contributed by atoms with E-state index in [1.54, 1.807) is 0 Å². The highest BCUT2D eigenvalue weighted by Gasteiger charge is 2.35. The lowest BCUT2D eigenvalue weighted by Gasteiger charge is -2.38. The molecule has 1 atom stereocenters. The molecule has 4 nitrogen and oxygen atoms in total. The van der Waals surface area contributed by atoms with Crippen molar-refractivity contribution >= 4 is 17.5 Å². The standard InChI is InChI=1S/C17H25ClN2O2/c1-12(2)15(19)16(21)20-11-17(6-8-22-9-7-17)13-4-3-5-14(18)10-13/h3-5,10,12,15H,6-9,11,19H2,1-2H3,(H,20,21)/t15-/m0/s1. The van der Waals surface area contributed by atoms with Crippen LogP contribution in [-0.4, -0.2) is 31.7 Å². The lowest BCUT2D eigenvalue weighted by atomic mass is 9.74. The summed E-state index contributed by atoms with van der Waals surface area (Å²) in [7, 11) is 0. The molecule has 1 aliphatic rings. The van der Waals surface area contributed by atoms with Crippen molar-refractivity contribution in [2.45, 2.75) is 38.1 Å². The van der Waals surface area contributed by atoms with E-state index in [0.29, 0.717) is 24.8 Å². The summed E-state index contributed by atoms with van der Waals surface area (Å²) in [5.74, 6) is 0.0275. The lowest BCUT2D eigenvalue weighted by molar-refractivity contribution is -0.123. The van der Waals surface area contributed by atoms with E-state index in [0.717, 1.165) is 18.4 Å². The van der Waals surface area contributed by atoms with E-state index in [4.69, 9.17) is 22.1 Å². The highest BCUT2D eigenvalue weighted by atomic mass is 35.5. The molecule has 0 saturated carbocycles. The molecule has 1 fully saturated rings. The molecule has 3 N–H and O–H groups in total. The van der Waals surface area contributed by atoms with Crippen LogP contribution in [0.3, 0.4) is 0 Å². The van der Waals surface area contributed by atoms with Gasteiger partial charge in [0.25, 0.3) is 0 Å². The predicted molar refractivity (Wildman–Crippen MR) is 89.0 cm³/mol. The molecule has 0 spiro atoms. The minimum atomic E-state index is -0.476. The van der Waals surface area contributed by atoms with Gasteiger partial charge in [-0.25, -0.2) is 0 Å². The summed E-state index contributed by atoms with van der Waals surface area (Å²) in [5.41, 5.74) is 6.95. The van der Waals surface area contributed by atoms with Crippen LogP contribution in [0.4, 0.5) is 0 Å². The Labute approximate surface area is 137 Å². The van der Waals surface area contributed by atoms with Crippen LogP contribution >= 0.6 is 11.6 Å². The normalized spacial score (nSPS) is 19.0. The maximum absolute atomic E-state index is 12.2. The topological polar surface area (TPSA) is 64.4 Å². The molecule has 0 unspecified atom stereocenters. The average Bonchev–Trinajstić information content (AvgIpc) is 2.52. The Hall–Kier alpha value is -1.10. The van der Waals surface area contributed by atoms with Gasteiger partial charge in [-0.3, -0.25) is 4.79 Å². The van der Waals surface area contributed by atoms with Crippen LogP contribution in [0.15, 0.2) is 24.3 Å². The first-order valence-corrected chi connectivity index (χ1v) is 8.19. The number of benzene rings is 1. The number of carbonyl (C=O) groups excluding carboxylic acids is 1. The minimum Gasteiger partial charge on any atom is -0.381 e. The third kappa shape index (κ3) is 4.00. The van der Waals surface area contributed by atoms with Gasteiger partial charge in [0.2, 0.25) is 5.91 Å². The van der Waals surface area contributed by atoms with Crippen LogP contribution in [0.1, 0.15) is 32.3 Å². The second-order valence-corrected chi connectivity index (χ2v) is 6.83. The molecule has 0 aromatic heterocycles. The van der Waals surface area contributed by atoms with Gasteiger partial charge < -0.3 is 15.8 Å². The summed E-state index contributed by atoms with van der Waals surface area (Å²) in [5, 5.41) is 3.75. The second kappa shape index (κ2) is 7.44. The smallest absolute Gasteiger partial charge is 0.237 e. The first-order valence-electron chi connectivity index (χ1n) is 7.82. The number of amides is 1. The zero-order valence-electron chi connectivity index (χ0n) is 13.3. The summed E-state index contributed by atoms with van der Waals surface area (Å²) in [4.78, 5) is 12.2. The van der Waals surface area contributed by atoms with Crippen molar-refractivity contribution in [3.63, 3.8) is 0 Å². The molecule has 0 radical (unpaired) electrons. The fourth-order valence-electron chi connectivity index (χ4n) is 2.82.